The smallest absolute Gasteiger partial charge is 0.265 e. The van der Waals surface area contributed by atoms with Gasteiger partial charge in [-0.05, 0) is 24.6 Å². The van der Waals surface area contributed by atoms with E-state index in [1.54, 1.807) is 0 Å². The molecule has 1 aromatic heterocycles. The van der Waals surface area contributed by atoms with Crippen molar-refractivity contribution in [1.29, 1.82) is 0 Å². The van der Waals surface area contributed by atoms with Gasteiger partial charge in [-0.25, -0.2) is 0 Å². The van der Waals surface area contributed by atoms with Crippen LogP contribution in [0, 0.1) is 5.92 Å². The van der Waals surface area contributed by atoms with Crippen molar-refractivity contribution in [1.82, 2.24) is 15.0 Å². The highest BCUT2D eigenvalue weighted by molar-refractivity contribution is 7.85. The second-order valence-corrected chi connectivity index (χ2v) is 11.5. The Morgan fingerprint density at radius 2 is 1.79 bits per heavy atom. The molecule has 1 heterocycles. The third-order valence-corrected chi connectivity index (χ3v) is 7.58. The second kappa shape index (κ2) is 10.7. The molecule has 1 aliphatic carbocycles. The number of hydrogen-bond acceptors (Lipinski definition) is 7. The molecular formula is C23H38N5O5S+. The van der Waals surface area contributed by atoms with Gasteiger partial charge in [-0.3, -0.25) is 9.23 Å². The van der Waals surface area contributed by atoms with Crippen LogP contribution in [-0.4, -0.2) is 94.4 Å². The summed E-state index contributed by atoms with van der Waals surface area (Å²) in [6.45, 7) is 7.40. The van der Waals surface area contributed by atoms with Crippen LogP contribution in [0.3, 0.4) is 0 Å². The highest BCUT2D eigenvalue weighted by Gasteiger charge is 2.46. The monoisotopic (exact) mass is 496 g/mol. The summed E-state index contributed by atoms with van der Waals surface area (Å²) >= 11 is 0. The van der Waals surface area contributed by atoms with Gasteiger partial charge in [0.1, 0.15) is 12.2 Å². The summed E-state index contributed by atoms with van der Waals surface area (Å²) < 4.78 is 33.1. The van der Waals surface area contributed by atoms with Gasteiger partial charge < -0.3 is 19.6 Å². The normalized spacial score (nSPS) is 23.0. The number of aliphatic hydroxyl groups is 2. The molecule has 0 aliphatic heterocycles. The Morgan fingerprint density at radius 3 is 2.38 bits per heavy atom. The van der Waals surface area contributed by atoms with E-state index in [0.29, 0.717) is 30.5 Å². The van der Waals surface area contributed by atoms with Crippen molar-refractivity contribution in [2.45, 2.75) is 51.5 Å². The lowest BCUT2D eigenvalue weighted by Crippen LogP contribution is -2.51. The predicted molar refractivity (Wildman–Crippen MR) is 130 cm³/mol. The van der Waals surface area contributed by atoms with Crippen molar-refractivity contribution >= 4 is 15.8 Å². The molecule has 1 fully saturated rings. The van der Waals surface area contributed by atoms with Gasteiger partial charge >= 0.3 is 0 Å². The fourth-order valence-corrected chi connectivity index (χ4v) is 5.11. The number of rotatable bonds is 12. The summed E-state index contributed by atoms with van der Waals surface area (Å²) in [5.74, 6) is -0.551. The van der Waals surface area contributed by atoms with E-state index in [1.165, 1.54) is 0 Å². The highest BCUT2D eigenvalue weighted by atomic mass is 32.2. The van der Waals surface area contributed by atoms with Gasteiger partial charge in [0.15, 0.2) is 0 Å². The van der Waals surface area contributed by atoms with E-state index in [1.807, 2.05) is 56.2 Å². The maximum absolute atomic E-state index is 10.9. The number of quaternary nitrogens is 1. The summed E-state index contributed by atoms with van der Waals surface area (Å²) in [5.41, 5.74) is 2.85. The third kappa shape index (κ3) is 6.76. The molecule has 11 heteroatoms. The van der Waals surface area contributed by atoms with Crippen molar-refractivity contribution in [2.24, 2.45) is 5.92 Å². The molecule has 2 unspecified atom stereocenters. The van der Waals surface area contributed by atoms with Crippen molar-refractivity contribution in [3.63, 3.8) is 0 Å². The van der Waals surface area contributed by atoms with Crippen LogP contribution in [0.2, 0.25) is 0 Å². The summed E-state index contributed by atoms with van der Waals surface area (Å²) in [6, 6.07) is 8.02. The molecule has 1 saturated carbocycles. The minimum absolute atomic E-state index is 0.0922. The van der Waals surface area contributed by atoms with Gasteiger partial charge in [0.2, 0.25) is 0 Å². The van der Waals surface area contributed by atoms with Crippen LogP contribution >= 0.6 is 0 Å². The van der Waals surface area contributed by atoms with Crippen LogP contribution in [0.25, 0.3) is 0 Å². The minimum Gasteiger partial charge on any atom is -0.392 e. The summed E-state index contributed by atoms with van der Waals surface area (Å²) in [7, 11) is 0.0498. The Hall–Kier alpha value is -2.05. The average molecular weight is 497 g/mol. The molecule has 2 atom stereocenters. The lowest BCUT2D eigenvalue weighted by molar-refractivity contribution is -0.903. The molecule has 1 aromatic carbocycles. The molecule has 3 rings (SSSR count). The Kier molecular flexibility index (Phi) is 8.35. The maximum Gasteiger partial charge on any atom is 0.265 e. The van der Waals surface area contributed by atoms with Crippen molar-refractivity contribution in [3.05, 3.63) is 41.7 Å². The summed E-state index contributed by atoms with van der Waals surface area (Å²) in [6.07, 6.45) is 1.29. The van der Waals surface area contributed by atoms with E-state index < -0.39 is 22.3 Å². The van der Waals surface area contributed by atoms with Gasteiger partial charge in [-0.1, -0.05) is 24.3 Å². The molecular weight excluding hydrogens is 458 g/mol. The van der Waals surface area contributed by atoms with Crippen LogP contribution in [0.15, 0.2) is 30.5 Å². The number of hydrogen-bond donors (Lipinski definition) is 3. The van der Waals surface area contributed by atoms with Crippen molar-refractivity contribution < 1.29 is 27.7 Å². The Bertz CT molecular complexity index is 1030. The van der Waals surface area contributed by atoms with Crippen LogP contribution in [0.4, 0.5) is 5.69 Å². The summed E-state index contributed by atoms with van der Waals surface area (Å²) in [5, 5.41) is 28.8. The molecule has 190 valence electrons. The topological polar surface area (TPSA) is 129 Å². The van der Waals surface area contributed by atoms with E-state index in [2.05, 4.69) is 22.1 Å². The lowest BCUT2D eigenvalue weighted by atomic mass is 9.67. The van der Waals surface area contributed by atoms with E-state index in [0.717, 1.165) is 30.0 Å². The van der Waals surface area contributed by atoms with Crippen LogP contribution < -0.4 is 4.90 Å². The van der Waals surface area contributed by atoms with Crippen LogP contribution in [0.5, 0.6) is 0 Å². The molecule has 0 spiro atoms. The lowest BCUT2D eigenvalue weighted by Gasteiger charge is -2.45. The average Bonchev–Trinajstić information content (AvgIpc) is 3.20. The van der Waals surface area contributed by atoms with Gasteiger partial charge in [-0.2, -0.15) is 8.42 Å². The standard InChI is InChI=1S/C23H37N5O5S/c1-5-26(20-9-7-18(8-10-20)21-22(29)17(2)23(21)30)11-12-27-15-19(24-25-27)16-28(3,4)13-6-14-34(31,32)33/h7-10,15,17,21-23,29-30H,5-6,11-14,16H2,1-4H3/p+1. The van der Waals surface area contributed by atoms with E-state index in [9.17, 15) is 18.6 Å². The Balaban J connectivity index is 1.52. The molecule has 0 saturated heterocycles. The molecule has 0 amide bonds. The first kappa shape index (κ1) is 26.6. The Morgan fingerprint density at radius 1 is 1.15 bits per heavy atom. The molecule has 1 aliphatic rings. The van der Waals surface area contributed by atoms with E-state index in [4.69, 9.17) is 4.55 Å². The maximum atomic E-state index is 10.9. The van der Waals surface area contributed by atoms with Gasteiger partial charge in [0.25, 0.3) is 10.1 Å². The summed E-state index contributed by atoms with van der Waals surface area (Å²) in [4.78, 5) is 2.23. The van der Waals surface area contributed by atoms with Gasteiger partial charge in [-0.15, -0.1) is 5.10 Å². The van der Waals surface area contributed by atoms with E-state index >= 15 is 0 Å². The van der Waals surface area contributed by atoms with Gasteiger partial charge in [0.05, 0.1) is 51.3 Å². The molecule has 3 N–H and O–H groups in total. The molecule has 2 aromatic rings. The molecule has 10 nitrogen and oxygen atoms in total. The first-order chi connectivity index (χ1) is 15.9. The predicted octanol–water partition coefficient (Wildman–Crippen LogP) is 1.11. The Labute approximate surface area is 202 Å². The fourth-order valence-electron chi connectivity index (χ4n) is 4.62. The zero-order valence-corrected chi connectivity index (χ0v) is 21.3. The quantitative estimate of drug-likeness (QED) is 0.294. The number of aromatic nitrogens is 3. The SMILES string of the molecule is CCN(CCn1cc(C[N+](C)(C)CCCS(=O)(=O)O)nn1)c1ccc(C2C(O)C(C)C2O)cc1. The van der Waals surface area contributed by atoms with Crippen molar-refractivity contribution in [2.75, 3.05) is 44.4 Å². The minimum atomic E-state index is -3.94. The highest BCUT2D eigenvalue weighted by Crippen LogP contribution is 2.42. The number of aliphatic hydroxyl groups excluding tert-OH is 2. The number of likely N-dealkylation sites (N-methyl/N-ethyl adjacent to an activating group) is 1. The third-order valence-electron chi connectivity index (χ3n) is 6.78. The largest absolute Gasteiger partial charge is 0.392 e. The van der Waals surface area contributed by atoms with Gasteiger partial charge in [0, 0.05) is 37.0 Å². The first-order valence-corrected chi connectivity index (χ1v) is 13.4. The van der Waals surface area contributed by atoms with Crippen molar-refractivity contribution in [3.8, 4) is 0 Å². The zero-order valence-electron chi connectivity index (χ0n) is 20.4. The van der Waals surface area contributed by atoms with Crippen LogP contribution in [0.1, 0.15) is 37.4 Å². The molecule has 0 bridgehead atoms. The van der Waals surface area contributed by atoms with Crippen LogP contribution in [-0.2, 0) is 23.2 Å². The molecule has 0 radical (unpaired) electrons. The van der Waals surface area contributed by atoms with E-state index in [-0.39, 0.29) is 17.6 Å². The zero-order chi connectivity index (χ0) is 25.1. The first-order valence-electron chi connectivity index (χ1n) is 11.8. The number of nitrogens with zero attached hydrogens (tertiary/aromatic N) is 5. The second-order valence-electron chi connectivity index (χ2n) is 9.97. The number of benzene rings is 1. The fraction of sp³-hybridized carbons (Fsp3) is 0.652. The number of anilines is 1. The molecule has 34 heavy (non-hydrogen) atoms.